The molecule has 0 aliphatic rings. The molecule has 0 amide bonds. The highest BCUT2D eigenvalue weighted by molar-refractivity contribution is 4.68. The van der Waals surface area contributed by atoms with Gasteiger partial charge in [-0.3, -0.25) is 0 Å². The molecule has 0 bridgehead atoms. The molecule has 0 unspecified atom stereocenters. The summed E-state index contributed by atoms with van der Waals surface area (Å²) in [5, 5.41) is 11.4. The van der Waals surface area contributed by atoms with E-state index in [1.54, 1.807) is 0 Å². The summed E-state index contributed by atoms with van der Waals surface area (Å²) in [6.07, 6.45) is 1.57. The first kappa shape index (κ1) is 10.4. The maximum atomic E-state index is 8.20. The monoisotopic (exact) mass is 156 g/mol. The van der Waals surface area contributed by atoms with Gasteiger partial charge < -0.3 is 10.1 Å². The van der Waals surface area contributed by atoms with Gasteiger partial charge in [0.05, 0.1) is 12.7 Å². The molecule has 3 heteroatoms. The van der Waals surface area contributed by atoms with E-state index in [0.29, 0.717) is 6.42 Å². The van der Waals surface area contributed by atoms with Crippen molar-refractivity contribution in [2.75, 3.05) is 26.3 Å². The molecule has 0 aromatic carbocycles. The Bertz CT molecular complexity index is 109. The van der Waals surface area contributed by atoms with Crippen molar-refractivity contribution in [1.82, 2.24) is 5.32 Å². The molecule has 0 saturated carbocycles. The van der Waals surface area contributed by atoms with Gasteiger partial charge in [-0.15, -0.1) is 0 Å². The second kappa shape index (κ2) is 9.41. The van der Waals surface area contributed by atoms with Crippen LogP contribution in [-0.4, -0.2) is 26.3 Å². The summed E-state index contributed by atoms with van der Waals surface area (Å²) in [6, 6.07) is 2.10. The van der Waals surface area contributed by atoms with E-state index in [9.17, 15) is 0 Å². The topological polar surface area (TPSA) is 45.0 Å². The van der Waals surface area contributed by atoms with Crippen molar-refractivity contribution in [2.45, 2.75) is 19.8 Å². The van der Waals surface area contributed by atoms with E-state index in [0.717, 1.165) is 32.7 Å². The van der Waals surface area contributed by atoms with Gasteiger partial charge in [-0.2, -0.15) is 5.26 Å². The van der Waals surface area contributed by atoms with E-state index in [-0.39, 0.29) is 0 Å². The highest BCUT2D eigenvalue weighted by Gasteiger charge is 1.86. The van der Waals surface area contributed by atoms with Crippen molar-refractivity contribution < 1.29 is 4.74 Å². The van der Waals surface area contributed by atoms with Crippen LogP contribution in [-0.2, 0) is 4.74 Å². The number of ether oxygens (including phenoxy) is 1. The molecule has 0 spiro atoms. The Morgan fingerprint density at radius 3 is 2.91 bits per heavy atom. The minimum Gasteiger partial charge on any atom is -0.380 e. The van der Waals surface area contributed by atoms with Gasteiger partial charge in [0, 0.05) is 19.6 Å². The van der Waals surface area contributed by atoms with Crippen molar-refractivity contribution in [3.8, 4) is 6.07 Å². The largest absolute Gasteiger partial charge is 0.380 e. The Kier molecular flexibility index (Phi) is 8.91. The van der Waals surface area contributed by atoms with Gasteiger partial charge in [-0.1, -0.05) is 0 Å². The highest BCUT2D eigenvalue weighted by atomic mass is 16.5. The van der Waals surface area contributed by atoms with Crippen molar-refractivity contribution in [1.29, 1.82) is 5.26 Å². The van der Waals surface area contributed by atoms with Crippen LogP contribution in [0.2, 0.25) is 0 Å². The average molecular weight is 156 g/mol. The lowest BCUT2D eigenvalue weighted by molar-refractivity contribution is 0.149. The van der Waals surface area contributed by atoms with Crippen molar-refractivity contribution in [3.05, 3.63) is 0 Å². The third kappa shape index (κ3) is 9.41. The molecule has 0 rings (SSSR count). The SMILES string of the molecule is CCOCCNCCCC#N. The zero-order valence-electron chi connectivity index (χ0n) is 7.10. The van der Waals surface area contributed by atoms with Crippen LogP contribution >= 0.6 is 0 Å². The zero-order chi connectivity index (χ0) is 8.36. The maximum absolute atomic E-state index is 8.20. The van der Waals surface area contributed by atoms with E-state index in [1.165, 1.54) is 0 Å². The number of hydrogen-bond acceptors (Lipinski definition) is 3. The number of nitrogens with one attached hydrogen (secondary N) is 1. The van der Waals surface area contributed by atoms with Gasteiger partial charge in [-0.25, -0.2) is 0 Å². The molecule has 0 aliphatic carbocycles. The summed E-state index contributed by atoms with van der Waals surface area (Å²) in [5.74, 6) is 0. The van der Waals surface area contributed by atoms with E-state index >= 15 is 0 Å². The molecule has 0 aliphatic heterocycles. The molecular weight excluding hydrogens is 140 g/mol. The normalized spacial score (nSPS) is 9.45. The quantitative estimate of drug-likeness (QED) is 0.557. The van der Waals surface area contributed by atoms with Crippen LogP contribution in [0.5, 0.6) is 0 Å². The lowest BCUT2D eigenvalue weighted by Gasteiger charge is -2.02. The number of rotatable bonds is 7. The molecule has 0 aromatic rings. The van der Waals surface area contributed by atoms with Gasteiger partial charge in [-0.05, 0) is 19.9 Å². The Morgan fingerprint density at radius 2 is 2.27 bits per heavy atom. The zero-order valence-corrected chi connectivity index (χ0v) is 7.10. The second-order valence-electron chi connectivity index (χ2n) is 2.21. The van der Waals surface area contributed by atoms with E-state index in [1.807, 2.05) is 6.92 Å². The molecule has 0 heterocycles. The third-order valence-corrected chi connectivity index (χ3v) is 1.27. The van der Waals surface area contributed by atoms with Crippen LogP contribution in [0.15, 0.2) is 0 Å². The number of unbranched alkanes of at least 4 members (excludes halogenated alkanes) is 1. The molecule has 0 radical (unpaired) electrons. The third-order valence-electron chi connectivity index (χ3n) is 1.27. The van der Waals surface area contributed by atoms with Gasteiger partial charge in [0.1, 0.15) is 0 Å². The molecule has 0 fully saturated rings. The van der Waals surface area contributed by atoms with Crippen molar-refractivity contribution >= 4 is 0 Å². The Hall–Kier alpha value is -0.590. The summed E-state index contributed by atoms with van der Waals surface area (Å²) in [5.41, 5.74) is 0. The van der Waals surface area contributed by atoms with Crippen molar-refractivity contribution in [2.24, 2.45) is 0 Å². The smallest absolute Gasteiger partial charge is 0.0622 e. The number of nitriles is 1. The van der Waals surface area contributed by atoms with Crippen LogP contribution in [0.25, 0.3) is 0 Å². The first-order valence-corrected chi connectivity index (χ1v) is 4.07. The van der Waals surface area contributed by atoms with Gasteiger partial charge in [0.15, 0.2) is 0 Å². The van der Waals surface area contributed by atoms with E-state index in [4.69, 9.17) is 10.00 Å². The summed E-state index contributed by atoms with van der Waals surface area (Å²) < 4.78 is 5.11. The summed E-state index contributed by atoms with van der Waals surface area (Å²) in [7, 11) is 0. The fourth-order valence-electron chi connectivity index (χ4n) is 0.706. The molecule has 0 saturated heterocycles. The maximum Gasteiger partial charge on any atom is 0.0622 e. The second-order valence-corrected chi connectivity index (χ2v) is 2.21. The molecule has 0 atom stereocenters. The average Bonchev–Trinajstić information content (AvgIpc) is 2.03. The fourth-order valence-corrected chi connectivity index (χ4v) is 0.706. The van der Waals surface area contributed by atoms with Gasteiger partial charge in [0.25, 0.3) is 0 Å². The molecule has 1 N–H and O–H groups in total. The van der Waals surface area contributed by atoms with Gasteiger partial charge in [0.2, 0.25) is 0 Å². The lowest BCUT2D eigenvalue weighted by Crippen LogP contribution is -2.20. The standard InChI is InChI=1S/C8H16N2O/c1-2-11-8-7-10-6-4-3-5-9/h10H,2-4,6-8H2,1H3. The molecule has 64 valence electrons. The van der Waals surface area contributed by atoms with Crippen LogP contribution in [0.4, 0.5) is 0 Å². The predicted molar refractivity (Wildman–Crippen MR) is 44.2 cm³/mol. The van der Waals surface area contributed by atoms with Crippen LogP contribution in [0.3, 0.4) is 0 Å². The van der Waals surface area contributed by atoms with Crippen LogP contribution in [0, 0.1) is 11.3 Å². The Morgan fingerprint density at radius 1 is 1.45 bits per heavy atom. The van der Waals surface area contributed by atoms with E-state index in [2.05, 4.69) is 11.4 Å². The summed E-state index contributed by atoms with van der Waals surface area (Å²) >= 11 is 0. The number of nitrogens with zero attached hydrogens (tertiary/aromatic N) is 1. The number of hydrogen-bond donors (Lipinski definition) is 1. The summed E-state index contributed by atoms with van der Waals surface area (Å²) in [6.45, 7) is 5.33. The highest BCUT2D eigenvalue weighted by Crippen LogP contribution is 1.81. The first-order valence-electron chi connectivity index (χ1n) is 4.07. The van der Waals surface area contributed by atoms with E-state index < -0.39 is 0 Å². The van der Waals surface area contributed by atoms with Crippen LogP contribution in [0.1, 0.15) is 19.8 Å². The fraction of sp³-hybridized carbons (Fsp3) is 0.875. The van der Waals surface area contributed by atoms with Gasteiger partial charge >= 0.3 is 0 Å². The minimum atomic E-state index is 0.641. The first-order chi connectivity index (χ1) is 5.41. The Labute approximate surface area is 68.3 Å². The molecule has 0 aromatic heterocycles. The lowest BCUT2D eigenvalue weighted by atomic mass is 10.3. The summed E-state index contributed by atoms with van der Waals surface area (Å²) in [4.78, 5) is 0. The molecule has 3 nitrogen and oxygen atoms in total. The Balaban J connectivity index is 2.75. The molecular formula is C8H16N2O. The minimum absolute atomic E-state index is 0.641. The predicted octanol–water partition coefficient (Wildman–Crippen LogP) is 0.916. The molecule has 11 heavy (non-hydrogen) atoms. The van der Waals surface area contributed by atoms with Crippen LogP contribution < -0.4 is 5.32 Å². The van der Waals surface area contributed by atoms with Crippen molar-refractivity contribution in [3.63, 3.8) is 0 Å².